The highest BCUT2D eigenvalue weighted by Gasteiger charge is 2.02. The van der Waals surface area contributed by atoms with Crippen molar-refractivity contribution in [2.75, 3.05) is 19.7 Å². The fraction of sp³-hybridized carbons (Fsp3) is 0.600. The van der Waals surface area contributed by atoms with Crippen LogP contribution in [0, 0.1) is 12.8 Å². The molecule has 3 heteroatoms. The van der Waals surface area contributed by atoms with Crippen LogP contribution in [0.25, 0.3) is 0 Å². The van der Waals surface area contributed by atoms with E-state index in [2.05, 4.69) is 37.4 Å². The van der Waals surface area contributed by atoms with Crippen LogP contribution in [-0.4, -0.2) is 19.7 Å². The summed E-state index contributed by atoms with van der Waals surface area (Å²) in [4.78, 5) is 0. The van der Waals surface area contributed by atoms with Crippen molar-refractivity contribution < 1.29 is 4.74 Å². The minimum absolute atomic E-state index is 0.638. The molecule has 0 heterocycles. The summed E-state index contributed by atoms with van der Waals surface area (Å²) < 4.78 is 5.53. The number of hydrogen-bond donors (Lipinski definition) is 2. The predicted molar refractivity (Wildman–Crippen MR) is 76.9 cm³/mol. The molecule has 3 N–H and O–H groups in total. The molecule has 18 heavy (non-hydrogen) atoms. The zero-order valence-electron chi connectivity index (χ0n) is 11.8. The van der Waals surface area contributed by atoms with Gasteiger partial charge in [-0.05, 0) is 56.5 Å². The first kappa shape index (κ1) is 15.0. The summed E-state index contributed by atoms with van der Waals surface area (Å²) in [6.45, 7) is 9.73. The Labute approximate surface area is 111 Å². The van der Waals surface area contributed by atoms with Crippen LogP contribution in [0.2, 0.25) is 0 Å². The summed E-state index contributed by atoms with van der Waals surface area (Å²) in [5.74, 6) is 1.62. The van der Waals surface area contributed by atoms with Gasteiger partial charge in [-0.15, -0.1) is 0 Å². The Morgan fingerprint density at radius 2 is 2.17 bits per heavy atom. The Balaban J connectivity index is 2.41. The lowest BCUT2D eigenvalue weighted by atomic mass is 10.1. The lowest BCUT2D eigenvalue weighted by Crippen LogP contribution is -2.22. The lowest BCUT2D eigenvalue weighted by Gasteiger charge is -2.13. The van der Waals surface area contributed by atoms with E-state index in [4.69, 9.17) is 10.5 Å². The van der Waals surface area contributed by atoms with Gasteiger partial charge >= 0.3 is 0 Å². The van der Waals surface area contributed by atoms with Gasteiger partial charge in [0.1, 0.15) is 5.75 Å². The molecule has 0 aliphatic carbocycles. The second-order valence-corrected chi connectivity index (χ2v) is 4.85. The van der Waals surface area contributed by atoms with Crippen LogP contribution in [0.1, 0.15) is 31.4 Å². The second kappa shape index (κ2) is 8.11. The van der Waals surface area contributed by atoms with Crippen LogP contribution in [-0.2, 0) is 6.54 Å². The van der Waals surface area contributed by atoms with E-state index in [1.165, 1.54) is 11.1 Å². The molecule has 0 amide bonds. The number of nitrogens with one attached hydrogen (secondary N) is 1. The molecule has 1 atom stereocenters. The van der Waals surface area contributed by atoms with Crippen LogP contribution in [0.3, 0.4) is 0 Å². The zero-order chi connectivity index (χ0) is 13.4. The fourth-order valence-electron chi connectivity index (χ4n) is 1.99. The number of ether oxygens (including phenoxy) is 1. The maximum atomic E-state index is 5.54. The van der Waals surface area contributed by atoms with E-state index in [0.717, 1.165) is 38.4 Å². The first-order valence-electron chi connectivity index (χ1n) is 6.80. The molecule has 0 saturated carbocycles. The molecule has 0 aliphatic rings. The minimum Gasteiger partial charge on any atom is -0.494 e. The highest BCUT2D eigenvalue weighted by Crippen LogP contribution is 2.19. The number of benzene rings is 1. The Bertz CT molecular complexity index is 352. The maximum Gasteiger partial charge on any atom is 0.122 e. The molecule has 0 aromatic heterocycles. The second-order valence-electron chi connectivity index (χ2n) is 4.85. The maximum absolute atomic E-state index is 5.54. The monoisotopic (exact) mass is 250 g/mol. The largest absolute Gasteiger partial charge is 0.494 e. The smallest absolute Gasteiger partial charge is 0.122 e. The van der Waals surface area contributed by atoms with Gasteiger partial charge in [-0.2, -0.15) is 0 Å². The van der Waals surface area contributed by atoms with Gasteiger partial charge in [0, 0.05) is 6.54 Å². The molecule has 1 unspecified atom stereocenters. The SMILES string of the molecule is CCOc1ccc(CNCC(C)CCN)cc1C. The van der Waals surface area contributed by atoms with Crippen molar-refractivity contribution in [1.29, 1.82) is 0 Å². The van der Waals surface area contributed by atoms with E-state index >= 15 is 0 Å². The third-order valence-electron chi connectivity index (χ3n) is 3.02. The Morgan fingerprint density at radius 1 is 1.39 bits per heavy atom. The number of nitrogens with two attached hydrogens (primary N) is 1. The van der Waals surface area contributed by atoms with E-state index in [0.29, 0.717) is 5.92 Å². The third kappa shape index (κ3) is 5.07. The molecule has 1 aromatic rings. The minimum atomic E-state index is 0.638. The molecular weight excluding hydrogens is 224 g/mol. The summed E-state index contributed by atoms with van der Waals surface area (Å²) in [5, 5.41) is 3.47. The van der Waals surface area contributed by atoms with Gasteiger partial charge in [-0.1, -0.05) is 19.1 Å². The molecule has 0 fully saturated rings. The number of hydrogen-bond acceptors (Lipinski definition) is 3. The van der Waals surface area contributed by atoms with Gasteiger partial charge in [0.25, 0.3) is 0 Å². The molecule has 1 rings (SSSR count). The highest BCUT2D eigenvalue weighted by molar-refractivity contribution is 5.36. The van der Waals surface area contributed by atoms with Crippen molar-refractivity contribution in [3.8, 4) is 5.75 Å². The van der Waals surface area contributed by atoms with Crippen molar-refractivity contribution in [2.45, 2.75) is 33.7 Å². The average molecular weight is 250 g/mol. The van der Waals surface area contributed by atoms with Crippen molar-refractivity contribution in [3.63, 3.8) is 0 Å². The molecule has 0 aliphatic heterocycles. The predicted octanol–water partition coefficient (Wildman–Crippen LogP) is 2.47. The van der Waals surface area contributed by atoms with Crippen molar-refractivity contribution >= 4 is 0 Å². The summed E-state index contributed by atoms with van der Waals surface area (Å²) in [5.41, 5.74) is 8.04. The van der Waals surface area contributed by atoms with Crippen LogP contribution < -0.4 is 15.8 Å². The van der Waals surface area contributed by atoms with E-state index in [1.807, 2.05) is 6.92 Å². The van der Waals surface area contributed by atoms with E-state index in [1.54, 1.807) is 0 Å². The molecule has 1 aromatic carbocycles. The first-order chi connectivity index (χ1) is 8.67. The van der Waals surface area contributed by atoms with Gasteiger partial charge in [0.05, 0.1) is 6.61 Å². The molecule has 0 spiro atoms. The van der Waals surface area contributed by atoms with Crippen LogP contribution in [0.15, 0.2) is 18.2 Å². The Kier molecular flexibility index (Phi) is 6.76. The van der Waals surface area contributed by atoms with Crippen molar-refractivity contribution in [3.05, 3.63) is 29.3 Å². The van der Waals surface area contributed by atoms with E-state index < -0.39 is 0 Å². The van der Waals surface area contributed by atoms with E-state index in [9.17, 15) is 0 Å². The summed E-state index contributed by atoms with van der Waals surface area (Å²) in [7, 11) is 0. The molecule has 102 valence electrons. The van der Waals surface area contributed by atoms with Crippen molar-refractivity contribution in [2.24, 2.45) is 11.7 Å². The fourth-order valence-corrected chi connectivity index (χ4v) is 1.99. The summed E-state index contributed by atoms with van der Waals surface area (Å²) in [6, 6.07) is 6.36. The lowest BCUT2D eigenvalue weighted by molar-refractivity contribution is 0.337. The van der Waals surface area contributed by atoms with Gasteiger partial charge in [-0.25, -0.2) is 0 Å². The average Bonchev–Trinajstić information content (AvgIpc) is 2.33. The van der Waals surface area contributed by atoms with Gasteiger partial charge in [0.15, 0.2) is 0 Å². The van der Waals surface area contributed by atoms with Crippen molar-refractivity contribution in [1.82, 2.24) is 5.32 Å². The molecular formula is C15H26N2O. The Morgan fingerprint density at radius 3 is 2.78 bits per heavy atom. The first-order valence-corrected chi connectivity index (χ1v) is 6.80. The van der Waals surface area contributed by atoms with Gasteiger partial charge in [-0.3, -0.25) is 0 Å². The van der Waals surface area contributed by atoms with Gasteiger partial charge in [0.2, 0.25) is 0 Å². The molecule has 0 saturated heterocycles. The Hall–Kier alpha value is -1.06. The van der Waals surface area contributed by atoms with Crippen LogP contribution in [0.5, 0.6) is 5.75 Å². The van der Waals surface area contributed by atoms with E-state index in [-0.39, 0.29) is 0 Å². The number of aryl methyl sites for hydroxylation is 1. The van der Waals surface area contributed by atoms with Crippen LogP contribution >= 0.6 is 0 Å². The normalized spacial score (nSPS) is 12.4. The zero-order valence-corrected chi connectivity index (χ0v) is 11.8. The molecule has 0 radical (unpaired) electrons. The standard InChI is InChI=1S/C15H26N2O/c1-4-18-15-6-5-14(9-13(15)3)11-17-10-12(2)7-8-16/h5-6,9,12,17H,4,7-8,10-11,16H2,1-3H3. The third-order valence-corrected chi connectivity index (χ3v) is 3.02. The summed E-state index contributed by atoms with van der Waals surface area (Å²) in [6.07, 6.45) is 1.08. The van der Waals surface area contributed by atoms with Gasteiger partial charge < -0.3 is 15.8 Å². The molecule has 0 bridgehead atoms. The van der Waals surface area contributed by atoms with Crippen LogP contribution in [0.4, 0.5) is 0 Å². The summed E-state index contributed by atoms with van der Waals surface area (Å²) >= 11 is 0. The highest BCUT2D eigenvalue weighted by atomic mass is 16.5. The number of rotatable bonds is 8. The topological polar surface area (TPSA) is 47.3 Å². The quantitative estimate of drug-likeness (QED) is 0.745. The molecule has 3 nitrogen and oxygen atoms in total.